The smallest absolute Gasteiger partial charge is 0.337 e. The van der Waals surface area contributed by atoms with Crippen molar-refractivity contribution in [2.75, 3.05) is 18.0 Å². The van der Waals surface area contributed by atoms with E-state index in [0.717, 1.165) is 0 Å². The number of halogens is 3. The first-order valence-electron chi connectivity index (χ1n) is 7.80. The number of anilines is 1. The van der Waals surface area contributed by atoms with Gasteiger partial charge in [0.25, 0.3) is 5.92 Å². The molecule has 1 aliphatic carbocycles. The van der Waals surface area contributed by atoms with Gasteiger partial charge in [-0.1, -0.05) is 0 Å². The van der Waals surface area contributed by atoms with Gasteiger partial charge in [-0.05, 0) is 42.6 Å². The molecule has 8 heteroatoms. The van der Waals surface area contributed by atoms with E-state index in [-0.39, 0.29) is 12.0 Å². The van der Waals surface area contributed by atoms with E-state index < -0.39 is 23.4 Å². The standard InChI is InChI=1S/C16H19BrF2N2O3/c1-8-10(13(22)14(23)24)12(11(17)9(2)20-8)21-5-3-15(4-6-21)7-16(15,18)19/h13,22H,3-7H2,1-2H3,(H,23,24). The van der Waals surface area contributed by atoms with Gasteiger partial charge in [-0.15, -0.1) is 0 Å². The van der Waals surface area contributed by atoms with Crippen LogP contribution in [0.1, 0.15) is 42.3 Å². The number of aromatic nitrogens is 1. The number of hydrogen-bond acceptors (Lipinski definition) is 4. The summed E-state index contributed by atoms with van der Waals surface area (Å²) >= 11 is 3.43. The highest BCUT2D eigenvalue weighted by molar-refractivity contribution is 9.10. The highest BCUT2D eigenvalue weighted by Crippen LogP contribution is 2.66. The first kappa shape index (κ1) is 17.5. The van der Waals surface area contributed by atoms with E-state index in [0.29, 0.717) is 47.5 Å². The zero-order valence-electron chi connectivity index (χ0n) is 13.4. The normalized spacial score (nSPS) is 22.5. The number of aryl methyl sites for hydroxylation is 2. The van der Waals surface area contributed by atoms with Crippen LogP contribution in [0.15, 0.2) is 4.47 Å². The molecule has 1 saturated heterocycles. The van der Waals surface area contributed by atoms with Crippen LogP contribution in [0.4, 0.5) is 14.5 Å². The first-order chi connectivity index (χ1) is 11.1. The molecule has 1 atom stereocenters. The molecule has 132 valence electrons. The molecular formula is C16H19BrF2N2O3. The van der Waals surface area contributed by atoms with E-state index in [4.69, 9.17) is 0 Å². The Balaban J connectivity index is 1.97. The minimum atomic E-state index is -2.58. The van der Waals surface area contributed by atoms with Crippen molar-refractivity contribution < 1.29 is 23.8 Å². The number of carboxylic acid groups (broad SMARTS) is 1. The van der Waals surface area contributed by atoms with Gasteiger partial charge in [-0.2, -0.15) is 0 Å². The molecule has 2 N–H and O–H groups in total. The number of rotatable bonds is 3. The van der Waals surface area contributed by atoms with Crippen LogP contribution in [-0.4, -0.2) is 40.2 Å². The van der Waals surface area contributed by atoms with Crippen LogP contribution in [0.25, 0.3) is 0 Å². The van der Waals surface area contributed by atoms with Crippen LogP contribution in [0, 0.1) is 19.3 Å². The second-order valence-corrected chi connectivity index (χ2v) is 7.54. The molecule has 0 radical (unpaired) electrons. The van der Waals surface area contributed by atoms with Crippen molar-refractivity contribution in [3.63, 3.8) is 0 Å². The summed E-state index contributed by atoms with van der Waals surface area (Å²) in [6, 6.07) is 0. The Morgan fingerprint density at radius 1 is 1.29 bits per heavy atom. The third-order valence-corrected chi connectivity index (χ3v) is 6.21. The molecule has 3 rings (SSSR count). The Morgan fingerprint density at radius 2 is 1.83 bits per heavy atom. The molecule has 5 nitrogen and oxygen atoms in total. The van der Waals surface area contributed by atoms with Gasteiger partial charge in [-0.3, -0.25) is 4.98 Å². The second-order valence-electron chi connectivity index (χ2n) is 6.75. The molecule has 1 aromatic rings. The number of pyridine rings is 1. The van der Waals surface area contributed by atoms with E-state index in [9.17, 15) is 23.8 Å². The average molecular weight is 405 g/mol. The number of nitrogens with zero attached hydrogens (tertiary/aromatic N) is 2. The van der Waals surface area contributed by atoms with Crippen LogP contribution >= 0.6 is 15.9 Å². The average Bonchev–Trinajstić information content (AvgIpc) is 3.03. The molecular weight excluding hydrogens is 386 g/mol. The summed E-state index contributed by atoms with van der Waals surface area (Å²) in [4.78, 5) is 17.4. The van der Waals surface area contributed by atoms with E-state index in [1.165, 1.54) is 0 Å². The number of aliphatic hydroxyl groups excluding tert-OH is 1. The molecule has 1 unspecified atom stereocenters. The quantitative estimate of drug-likeness (QED) is 0.808. The maximum absolute atomic E-state index is 13.6. The molecule has 2 aliphatic rings. The molecule has 2 heterocycles. The highest BCUT2D eigenvalue weighted by Gasteiger charge is 2.70. The highest BCUT2D eigenvalue weighted by atomic mass is 79.9. The van der Waals surface area contributed by atoms with Crippen molar-refractivity contribution in [2.45, 2.75) is 45.1 Å². The lowest BCUT2D eigenvalue weighted by atomic mass is 9.91. The van der Waals surface area contributed by atoms with Crippen molar-refractivity contribution >= 4 is 27.6 Å². The van der Waals surface area contributed by atoms with Gasteiger partial charge in [-0.25, -0.2) is 13.6 Å². The molecule has 1 spiro atoms. The summed E-state index contributed by atoms with van der Waals surface area (Å²) in [5, 5.41) is 19.3. The molecule has 1 aliphatic heterocycles. The minimum absolute atomic E-state index is 0.0615. The van der Waals surface area contributed by atoms with Gasteiger partial charge in [0, 0.05) is 36.2 Å². The molecule has 0 amide bonds. The minimum Gasteiger partial charge on any atom is -0.479 e. The number of aliphatic carboxylic acids is 1. The fourth-order valence-electron chi connectivity index (χ4n) is 3.66. The van der Waals surface area contributed by atoms with Crippen LogP contribution in [0.3, 0.4) is 0 Å². The van der Waals surface area contributed by atoms with E-state index >= 15 is 0 Å². The predicted molar refractivity (Wildman–Crippen MR) is 87.5 cm³/mol. The zero-order chi connectivity index (χ0) is 17.9. The molecule has 0 bridgehead atoms. The monoisotopic (exact) mass is 404 g/mol. The number of aliphatic hydroxyl groups is 1. The Morgan fingerprint density at radius 3 is 2.29 bits per heavy atom. The topological polar surface area (TPSA) is 73.7 Å². The third kappa shape index (κ3) is 2.60. The third-order valence-electron chi connectivity index (χ3n) is 5.26. The number of alkyl halides is 2. The summed E-state index contributed by atoms with van der Waals surface area (Å²) in [7, 11) is 0. The molecule has 1 aromatic heterocycles. The predicted octanol–water partition coefficient (Wildman–Crippen LogP) is 3.20. The fourth-order valence-corrected chi connectivity index (χ4v) is 4.22. The van der Waals surface area contributed by atoms with Crippen molar-refractivity contribution in [3.8, 4) is 0 Å². The fraction of sp³-hybridized carbons (Fsp3) is 0.625. The van der Waals surface area contributed by atoms with Gasteiger partial charge in [0.2, 0.25) is 0 Å². The molecule has 2 fully saturated rings. The first-order valence-corrected chi connectivity index (χ1v) is 8.59. The second kappa shape index (κ2) is 5.62. The van der Waals surface area contributed by atoms with Gasteiger partial charge in [0.05, 0.1) is 15.9 Å². The summed E-state index contributed by atoms with van der Waals surface area (Å²) in [6.07, 6.45) is -1.05. The Kier molecular flexibility index (Phi) is 4.11. The van der Waals surface area contributed by atoms with Crippen LogP contribution < -0.4 is 4.90 Å². The van der Waals surface area contributed by atoms with Gasteiger partial charge >= 0.3 is 5.97 Å². The maximum Gasteiger partial charge on any atom is 0.337 e. The summed E-state index contributed by atoms with van der Waals surface area (Å²) < 4.78 is 27.7. The summed E-state index contributed by atoms with van der Waals surface area (Å²) in [5.74, 6) is -3.94. The Bertz CT molecular complexity index is 703. The summed E-state index contributed by atoms with van der Waals surface area (Å²) in [5.41, 5.74) is 0.976. The lowest BCUT2D eigenvalue weighted by Crippen LogP contribution is -2.38. The van der Waals surface area contributed by atoms with E-state index in [2.05, 4.69) is 20.9 Å². The van der Waals surface area contributed by atoms with Crippen LogP contribution in [-0.2, 0) is 4.79 Å². The number of piperidine rings is 1. The van der Waals surface area contributed by atoms with Gasteiger partial charge in [0.1, 0.15) is 0 Å². The van der Waals surface area contributed by atoms with Crippen molar-refractivity contribution in [2.24, 2.45) is 5.41 Å². The SMILES string of the molecule is Cc1nc(C)c(C(O)C(=O)O)c(N2CCC3(CC2)CC3(F)F)c1Br. The lowest BCUT2D eigenvalue weighted by Gasteiger charge is -2.36. The van der Waals surface area contributed by atoms with Crippen LogP contribution in [0.5, 0.6) is 0 Å². The van der Waals surface area contributed by atoms with Crippen molar-refractivity contribution in [1.29, 1.82) is 0 Å². The molecule has 1 saturated carbocycles. The molecule has 0 aromatic carbocycles. The maximum atomic E-state index is 13.6. The number of hydrogen-bond donors (Lipinski definition) is 2. The Hall–Kier alpha value is -1.28. The van der Waals surface area contributed by atoms with E-state index in [1.54, 1.807) is 13.8 Å². The summed E-state index contributed by atoms with van der Waals surface area (Å²) in [6.45, 7) is 4.22. The van der Waals surface area contributed by atoms with Crippen molar-refractivity contribution in [1.82, 2.24) is 4.98 Å². The zero-order valence-corrected chi connectivity index (χ0v) is 15.0. The van der Waals surface area contributed by atoms with Gasteiger partial charge < -0.3 is 15.1 Å². The Labute approximate surface area is 146 Å². The number of carboxylic acids is 1. The van der Waals surface area contributed by atoms with Crippen molar-refractivity contribution in [3.05, 3.63) is 21.4 Å². The van der Waals surface area contributed by atoms with Gasteiger partial charge in [0.15, 0.2) is 6.10 Å². The van der Waals surface area contributed by atoms with E-state index in [1.807, 2.05) is 4.90 Å². The van der Waals surface area contributed by atoms with Crippen LogP contribution in [0.2, 0.25) is 0 Å². The number of carbonyl (C=O) groups is 1. The largest absolute Gasteiger partial charge is 0.479 e. The molecule has 24 heavy (non-hydrogen) atoms. The lowest BCUT2D eigenvalue weighted by molar-refractivity contribution is -0.147.